The van der Waals surface area contributed by atoms with E-state index in [9.17, 15) is 8.42 Å². The van der Waals surface area contributed by atoms with Gasteiger partial charge in [0.1, 0.15) is 4.90 Å². The lowest BCUT2D eigenvalue weighted by molar-refractivity contribution is 0.601. The highest BCUT2D eigenvalue weighted by molar-refractivity contribution is 7.92. The molecule has 0 fully saturated rings. The van der Waals surface area contributed by atoms with E-state index in [0.29, 0.717) is 5.69 Å². The summed E-state index contributed by atoms with van der Waals surface area (Å²) < 4.78 is 26.3. The van der Waals surface area contributed by atoms with Crippen LogP contribution in [0.3, 0.4) is 0 Å². The summed E-state index contributed by atoms with van der Waals surface area (Å²) >= 11 is 5.80. The fraction of sp³-hybridized carbons (Fsp3) is 0. The Morgan fingerprint density at radius 3 is 2.53 bits per heavy atom. The SMILES string of the molecule is O=S(=O)(Nc1cccnc1)c1cnccc1Cl. The summed E-state index contributed by atoms with van der Waals surface area (Å²) in [4.78, 5) is 7.48. The van der Waals surface area contributed by atoms with Crippen LogP contribution in [0.2, 0.25) is 5.02 Å². The molecule has 5 nitrogen and oxygen atoms in total. The number of anilines is 1. The first-order valence-corrected chi connectivity index (χ1v) is 6.48. The molecule has 0 radical (unpaired) electrons. The third kappa shape index (κ3) is 2.72. The minimum absolute atomic E-state index is 0.0643. The van der Waals surface area contributed by atoms with Gasteiger partial charge in [-0.25, -0.2) is 8.42 Å². The molecule has 0 saturated carbocycles. The first-order chi connectivity index (χ1) is 8.09. The van der Waals surface area contributed by atoms with Crippen molar-refractivity contribution in [3.8, 4) is 0 Å². The molecule has 1 N–H and O–H groups in total. The van der Waals surface area contributed by atoms with Crippen LogP contribution in [0.1, 0.15) is 0 Å². The van der Waals surface area contributed by atoms with Crippen LogP contribution in [0, 0.1) is 0 Å². The summed E-state index contributed by atoms with van der Waals surface area (Å²) in [5.41, 5.74) is 0.368. The van der Waals surface area contributed by atoms with Crippen molar-refractivity contribution in [3.63, 3.8) is 0 Å². The highest BCUT2D eigenvalue weighted by Crippen LogP contribution is 2.21. The van der Waals surface area contributed by atoms with Gasteiger partial charge in [-0.3, -0.25) is 14.7 Å². The second-order valence-corrected chi connectivity index (χ2v) is 5.21. The summed E-state index contributed by atoms with van der Waals surface area (Å²) in [6.45, 7) is 0. The Morgan fingerprint density at radius 1 is 1.12 bits per heavy atom. The molecule has 0 spiro atoms. The third-order valence-electron chi connectivity index (χ3n) is 1.94. The van der Waals surface area contributed by atoms with E-state index in [2.05, 4.69) is 14.7 Å². The zero-order valence-corrected chi connectivity index (χ0v) is 10.1. The maximum absolute atomic E-state index is 12.0. The van der Waals surface area contributed by atoms with Crippen molar-refractivity contribution in [1.82, 2.24) is 9.97 Å². The van der Waals surface area contributed by atoms with E-state index >= 15 is 0 Å². The Labute approximate surface area is 104 Å². The van der Waals surface area contributed by atoms with Crippen LogP contribution in [-0.2, 0) is 10.0 Å². The van der Waals surface area contributed by atoms with Crippen molar-refractivity contribution < 1.29 is 8.42 Å². The van der Waals surface area contributed by atoms with E-state index in [4.69, 9.17) is 11.6 Å². The van der Waals surface area contributed by atoms with Crippen molar-refractivity contribution in [1.29, 1.82) is 0 Å². The minimum atomic E-state index is -3.73. The van der Waals surface area contributed by atoms with E-state index in [0.717, 1.165) is 0 Å². The van der Waals surface area contributed by atoms with Gasteiger partial charge in [-0.15, -0.1) is 0 Å². The van der Waals surface area contributed by atoms with Crippen molar-refractivity contribution in [2.75, 3.05) is 4.72 Å². The summed E-state index contributed by atoms with van der Waals surface area (Å²) in [6, 6.07) is 4.64. The number of hydrogen-bond acceptors (Lipinski definition) is 4. The van der Waals surface area contributed by atoms with E-state index < -0.39 is 10.0 Å². The lowest BCUT2D eigenvalue weighted by Gasteiger charge is -2.07. The highest BCUT2D eigenvalue weighted by Gasteiger charge is 2.17. The maximum atomic E-state index is 12.0. The lowest BCUT2D eigenvalue weighted by atomic mass is 10.4. The van der Waals surface area contributed by atoms with Crippen LogP contribution in [0.4, 0.5) is 5.69 Å². The quantitative estimate of drug-likeness (QED) is 0.924. The molecule has 0 saturated heterocycles. The fourth-order valence-corrected chi connectivity index (χ4v) is 2.67. The minimum Gasteiger partial charge on any atom is -0.278 e. The molecule has 0 atom stereocenters. The van der Waals surface area contributed by atoms with Crippen LogP contribution in [0.5, 0.6) is 0 Å². The molecule has 0 aliphatic carbocycles. The van der Waals surface area contributed by atoms with Gasteiger partial charge in [0, 0.05) is 18.6 Å². The van der Waals surface area contributed by atoms with E-state index in [1.54, 1.807) is 18.3 Å². The predicted octanol–water partition coefficient (Wildman–Crippen LogP) is 1.93. The number of nitrogens with one attached hydrogen (secondary N) is 1. The number of nitrogens with zero attached hydrogens (tertiary/aromatic N) is 2. The zero-order chi connectivity index (χ0) is 12.3. The molecule has 0 aliphatic heterocycles. The number of sulfonamides is 1. The number of rotatable bonds is 3. The van der Waals surface area contributed by atoms with Gasteiger partial charge >= 0.3 is 0 Å². The topological polar surface area (TPSA) is 72.0 Å². The van der Waals surface area contributed by atoms with Gasteiger partial charge in [-0.2, -0.15) is 0 Å². The van der Waals surface area contributed by atoms with Gasteiger partial charge in [-0.1, -0.05) is 11.6 Å². The Kier molecular flexibility index (Phi) is 3.26. The van der Waals surface area contributed by atoms with Crippen LogP contribution in [0.15, 0.2) is 47.9 Å². The molecule has 0 unspecified atom stereocenters. The molecule has 2 rings (SSSR count). The average Bonchev–Trinajstić information content (AvgIpc) is 2.30. The van der Waals surface area contributed by atoms with Gasteiger partial charge in [-0.05, 0) is 18.2 Å². The molecular formula is C10H8ClN3O2S. The van der Waals surface area contributed by atoms with Crippen molar-refractivity contribution in [3.05, 3.63) is 48.0 Å². The summed E-state index contributed by atoms with van der Waals surface area (Å²) in [7, 11) is -3.73. The van der Waals surface area contributed by atoms with Crippen molar-refractivity contribution >= 4 is 27.3 Å². The normalized spacial score (nSPS) is 11.1. The standard InChI is InChI=1S/C10H8ClN3O2S/c11-9-3-5-13-7-10(9)17(15,16)14-8-2-1-4-12-6-8/h1-7,14H. The Hall–Kier alpha value is -1.66. The largest absolute Gasteiger partial charge is 0.278 e. The van der Waals surface area contributed by atoms with Gasteiger partial charge in [0.05, 0.1) is 16.9 Å². The third-order valence-corrected chi connectivity index (χ3v) is 3.79. The van der Waals surface area contributed by atoms with Crippen LogP contribution in [-0.4, -0.2) is 18.4 Å². The molecule has 0 aliphatic rings. The Balaban J connectivity index is 2.36. The second kappa shape index (κ2) is 4.68. The number of pyridine rings is 2. The van der Waals surface area contributed by atoms with Gasteiger partial charge in [0.15, 0.2) is 0 Å². The first-order valence-electron chi connectivity index (χ1n) is 4.62. The number of aromatic nitrogens is 2. The van der Waals surface area contributed by atoms with Gasteiger partial charge in [0.25, 0.3) is 10.0 Å². The molecule has 0 amide bonds. The van der Waals surface area contributed by atoms with E-state index in [1.807, 2.05) is 0 Å². The molecule has 88 valence electrons. The molecule has 0 aromatic carbocycles. The zero-order valence-electron chi connectivity index (χ0n) is 8.54. The molecule has 2 heterocycles. The summed E-state index contributed by atoms with van der Waals surface area (Å²) in [5, 5.41) is 0.122. The van der Waals surface area contributed by atoms with Crippen molar-refractivity contribution in [2.45, 2.75) is 4.90 Å². The maximum Gasteiger partial charge on any atom is 0.264 e. The summed E-state index contributed by atoms with van der Waals surface area (Å²) in [6.07, 6.45) is 5.57. The molecule has 2 aromatic rings. The fourth-order valence-electron chi connectivity index (χ4n) is 1.19. The van der Waals surface area contributed by atoms with Crippen LogP contribution >= 0.6 is 11.6 Å². The molecular weight excluding hydrogens is 262 g/mol. The number of halogens is 1. The highest BCUT2D eigenvalue weighted by atomic mass is 35.5. The van der Waals surface area contributed by atoms with Gasteiger partial charge in [0.2, 0.25) is 0 Å². The molecule has 2 aromatic heterocycles. The number of hydrogen-bond donors (Lipinski definition) is 1. The molecule has 7 heteroatoms. The second-order valence-electron chi connectivity index (χ2n) is 3.15. The lowest BCUT2D eigenvalue weighted by Crippen LogP contribution is -2.13. The molecule has 17 heavy (non-hydrogen) atoms. The van der Waals surface area contributed by atoms with Crippen LogP contribution < -0.4 is 4.72 Å². The Bertz CT molecular complexity index is 616. The van der Waals surface area contributed by atoms with Crippen molar-refractivity contribution in [2.24, 2.45) is 0 Å². The smallest absolute Gasteiger partial charge is 0.264 e. The molecule has 0 bridgehead atoms. The van der Waals surface area contributed by atoms with Crippen LogP contribution in [0.25, 0.3) is 0 Å². The van der Waals surface area contributed by atoms with E-state index in [1.165, 1.54) is 24.7 Å². The Morgan fingerprint density at radius 2 is 1.88 bits per heavy atom. The predicted molar refractivity (Wildman–Crippen MR) is 64.3 cm³/mol. The first kappa shape index (κ1) is 11.8. The monoisotopic (exact) mass is 269 g/mol. The van der Waals surface area contributed by atoms with Gasteiger partial charge < -0.3 is 0 Å². The summed E-state index contributed by atoms with van der Waals surface area (Å²) in [5.74, 6) is 0. The van der Waals surface area contributed by atoms with E-state index in [-0.39, 0.29) is 9.92 Å². The average molecular weight is 270 g/mol.